The maximum atomic E-state index is 11.9. The van der Waals surface area contributed by atoms with Gasteiger partial charge in [-0.15, -0.1) is 0 Å². The van der Waals surface area contributed by atoms with Gasteiger partial charge in [0.15, 0.2) is 0 Å². The van der Waals surface area contributed by atoms with E-state index < -0.39 is 11.9 Å². The van der Waals surface area contributed by atoms with E-state index in [9.17, 15) is 9.59 Å². The molecule has 1 atom stereocenters. The first kappa shape index (κ1) is 13.8. The Morgan fingerprint density at radius 2 is 1.45 bits per heavy atom. The van der Waals surface area contributed by atoms with Crippen LogP contribution in [0, 0.1) is 0 Å². The van der Waals surface area contributed by atoms with Crippen LogP contribution in [-0.2, 0) is 4.79 Å². The molecular formula is C15H15N3O2. The number of primary amides is 1. The lowest BCUT2D eigenvalue weighted by atomic mass is 10.1. The summed E-state index contributed by atoms with van der Waals surface area (Å²) >= 11 is 0. The van der Waals surface area contributed by atoms with Crippen LogP contribution in [0.25, 0.3) is 0 Å². The van der Waals surface area contributed by atoms with E-state index in [4.69, 9.17) is 5.73 Å². The molecule has 0 aliphatic carbocycles. The van der Waals surface area contributed by atoms with Crippen molar-refractivity contribution in [2.45, 2.75) is 6.04 Å². The standard InChI is InChI=1S/C15H15N3O2/c16-14(19)13(11-7-3-1-4-8-11)17-18-15(20)12-9-5-2-6-10-12/h1-10,13,17H,(H2,16,19)(H,18,20)/t13-/m1/s1. The molecule has 0 aromatic heterocycles. The van der Waals surface area contributed by atoms with Crippen LogP contribution in [0.2, 0.25) is 0 Å². The number of hydrogen-bond acceptors (Lipinski definition) is 3. The number of carbonyl (C=O) groups excluding carboxylic acids is 2. The van der Waals surface area contributed by atoms with Crippen LogP contribution >= 0.6 is 0 Å². The summed E-state index contributed by atoms with van der Waals surface area (Å²) in [5, 5.41) is 0. The van der Waals surface area contributed by atoms with Gasteiger partial charge in [-0.25, -0.2) is 5.43 Å². The molecule has 0 saturated heterocycles. The lowest BCUT2D eigenvalue weighted by Crippen LogP contribution is -2.45. The monoisotopic (exact) mass is 269 g/mol. The SMILES string of the molecule is NC(=O)[C@H](NNC(=O)c1ccccc1)c1ccccc1. The van der Waals surface area contributed by atoms with Crippen LogP contribution < -0.4 is 16.6 Å². The number of hydrazine groups is 1. The van der Waals surface area contributed by atoms with Gasteiger partial charge in [0.05, 0.1) is 0 Å². The topological polar surface area (TPSA) is 84.2 Å². The molecule has 0 aliphatic heterocycles. The molecule has 0 heterocycles. The van der Waals surface area contributed by atoms with E-state index >= 15 is 0 Å². The average molecular weight is 269 g/mol. The summed E-state index contributed by atoms with van der Waals surface area (Å²) in [6.07, 6.45) is 0. The van der Waals surface area contributed by atoms with Crippen LogP contribution in [0.4, 0.5) is 0 Å². The van der Waals surface area contributed by atoms with Crippen molar-refractivity contribution in [2.24, 2.45) is 5.73 Å². The summed E-state index contributed by atoms with van der Waals surface area (Å²) in [5.74, 6) is -0.891. The zero-order valence-electron chi connectivity index (χ0n) is 10.7. The number of rotatable bonds is 5. The maximum Gasteiger partial charge on any atom is 0.265 e. The van der Waals surface area contributed by atoms with Gasteiger partial charge in [-0.3, -0.25) is 15.0 Å². The summed E-state index contributed by atoms with van der Waals surface area (Å²) in [7, 11) is 0. The van der Waals surface area contributed by atoms with Crippen LogP contribution in [0.3, 0.4) is 0 Å². The van der Waals surface area contributed by atoms with Crippen molar-refractivity contribution in [1.29, 1.82) is 0 Å². The Morgan fingerprint density at radius 1 is 0.900 bits per heavy atom. The van der Waals surface area contributed by atoms with Crippen LogP contribution in [0.1, 0.15) is 22.0 Å². The van der Waals surface area contributed by atoms with E-state index in [1.807, 2.05) is 12.1 Å². The molecule has 2 rings (SSSR count). The van der Waals surface area contributed by atoms with Gasteiger partial charge in [0, 0.05) is 5.56 Å². The highest BCUT2D eigenvalue weighted by Crippen LogP contribution is 2.10. The molecule has 2 aromatic carbocycles. The highest BCUT2D eigenvalue weighted by atomic mass is 16.2. The quantitative estimate of drug-likeness (QED) is 0.712. The second-order valence-electron chi connectivity index (χ2n) is 4.21. The molecule has 0 radical (unpaired) electrons. The Bertz CT molecular complexity index is 585. The number of carbonyl (C=O) groups is 2. The molecule has 0 unspecified atom stereocenters. The summed E-state index contributed by atoms with van der Waals surface area (Å²) in [5.41, 5.74) is 11.7. The number of hydrogen-bond donors (Lipinski definition) is 3. The van der Waals surface area contributed by atoms with Gasteiger partial charge in [-0.2, -0.15) is 0 Å². The van der Waals surface area contributed by atoms with Crippen molar-refractivity contribution < 1.29 is 9.59 Å². The maximum absolute atomic E-state index is 11.9. The Morgan fingerprint density at radius 3 is 2.00 bits per heavy atom. The van der Waals surface area contributed by atoms with Crippen LogP contribution in [0.5, 0.6) is 0 Å². The lowest BCUT2D eigenvalue weighted by molar-refractivity contribution is -0.120. The van der Waals surface area contributed by atoms with E-state index in [0.717, 1.165) is 0 Å². The minimum absolute atomic E-state index is 0.326. The van der Waals surface area contributed by atoms with E-state index in [0.29, 0.717) is 11.1 Å². The number of nitrogens with two attached hydrogens (primary N) is 1. The second-order valence-corrected chi connectivity index (χ2v) is 4.21. The first-order valence-corrected chi connectivity index (χ1v) is 6.13. The van der Waals surface area contributed by atoms with Crippen molar-refractivity contribution in [3.63, 3.8) is 0 Å². The Balaban J connectivity index is 2.04. The Kier molecular flexibility index (Phi) is 4.47. The minimum Gasteiger partial charge on any atom is -0.368 e. The summed E-state index contributed by atoms with van der Waals surface area (Å²) in [6, 6.07) is 16.9. The molecule has 2 amide bonds. The second kappa shape index (κ2) is 6.49. The molecule has 0 saturated carbocycles. The molecule has 2 aromatic rings. The molecular weight excluding hydrogens is 254 g/mol. The summed E-state index contributed by atoms with van der Waals surface area (Å²) < 4.78 is 0. The molecule has 0 bridgehead atoms. The molecule has 0 fully saturated rings. The summed E-state index contributed by atoms with van der Waals surface area (Å²) in [6.45, 7) is 0. The fraction of sp³-hybridized carbons (Fsp3) is 0.0667. The third-order valence-corrected chi connectivity index (χ3v) is 2.78. The fourth-order valence-corrected chi connectivity index (χ4v) is 1.76. The third kappa shape index (κ3) is 3.43. The van der Waals surface area contributed by atoms with Crippen molar-refractivity contribution in [3.8, 4) is 0 Å². The van der Waals surface area contributed by atoms with Crippen LogP contribution in [0.15, 0.2) is 60.7 Å². The van der Waals surface area contributed by atoms with E-state index in [1.165, 1.54) is 0 Å². The van der Waals surface area contributed by atoms with Gasteiger partial charge in [-0.1, -0.05) is 48.5 Å². The van der Waals surface area contributed by atoms with Crippen molar-refractivity contribution in [2.75, 3.05) is 0 Å². The van der Waals surface area contributed by atoms with Crippen molar-refractivity contribution in [3.05, 3.63) is 71.8 Å². The first-order chi connectivity index (χ1) is 9.68. The van der Waals surface area contributed by atoms with Gasteiger partial charge in [-0.05, 0) is 17.7 Å². The van der Waals surface area contributed by atoms with Crippen molar-refractivity contribution in [1.82, 2.24) is 10.9 Å². The fourth-order valence-electron chi connectivity index (χ4n) is 1.76. The predicted octanol–water partition coefficient (Wildman–Crippen LogP) is 1.15. The molecule has 102 valence electrons. The van der Waals surface area contributed by atoms with Gasteiger partial charge in [0.25, 0.3) is 5.91 Å². The minimum atomic E-state index is -0.774. The largest absolute Gasteiger partial charge is 0.368 e. The van der Waals surface area contributed by atoms with Gasteiger partial charge in [0.2, 0.25) is 5.91 Å². The molecule has 4 N–H and O–H groups in total. The normalized spacial score (nSPS) is 11.6. The number of amides is 2. The highest BCUT2D eigenvalue weighted by molar-refractivity contribution is 5.94. The molecule has 0 spiro atoms. The van der Waals surface area contributed by atoms with Crippen LogP contribution in [-0.4, -0.2) is 11.8 Å². The molecule has 0 aliphatic rings. The van der Waals surface area contributed by atoms with E-state index in [-0.39, 0.29) is 5.91 Å². The zero-order valence-corrected chi connectivity index (χ0v) is 10.7. The number of nitrogens with one attached hydrogen (secondary N) is 2. The number of benzene rings is 2. The molecule has 5 nitrogen and oxygen atoms in total. The third-order valence-electron chi connectivity index (χ3n) is 2.78. The highest BCUT2D eigenvalue weighted by Gasteiger charge is 2.18. The Hall–Kier alpha value is -2.66. The summed E-state index contributed by atoms with van der Waals surface area (Å²) in [4.78, 5) is 23.3. The molecule has 20 heavy (non-hydrogen) atoms. The lowest BCUT2D eigenvalue weighted by Gasteiger charge is -2.16. The van der Waals surface area contributed by atoms with Gasteiger partial charge in [0.1, 0.15) is 6.04 Å². The average Bonchev–Trinajstić information content (AvgIpc) is 2.49. The van der Waals surface area contributed by atoms with E-state index in [2.05, 4.69) is 10.9 Å². The molecule has 5 heteroatoms. The van der Waals surface area contributed by atoms with Gasteiger partial charge >= 0.3 is 0 Å². The van der Waals surface area contributed by atoms with Gasteiger partial charge < -0.3 is 5.73 Å². The van der Waals surface area contributed by atoms with E-state index in [1.54, 1.807) is 48.5 Å². The smallest absolute Gasteiger partial charge is 0.265 e. The zero-order chi connectivity index (χ0) is 14.4. The predicted molar refractivity (Wildman–Crippen MR) is 75.4 cm³/mol. The van der Waals surface area contributed by atoms with Crippen molar-refractivity contribution >= 4 is 11.8 Å². The Labute approximate surface area is 116 Å². The first-order valence-electron chi connectivity index (χ1n) is 6.13.